The molecule has 0 bridgehead atoms. The molecule has 0 spiro atoms. The molecule has 17 heavy (non-hydrogen) atoms. The Kier molecular flexibility index (Phi) is 12.0. The summed E-state index contributed by atoms with van der Waals surface area (Å²) < 4.78 is 15.1. The van der Waals surface area contributed by atoms with E-state index < -0.39 is 12.2 Å². The predicted molar refractivity (Wildman–Crippen MR) is 58.6 cm³/mol. The monoisotopic (exact) mass is 254 g/mol. The largest absolute Gasteiger partial charge is 0.394 e. The Balaban J connectivity index is 3.04. The van der Waals surface area contributed by atoms with Crippen LogP contribution in [-0.4, -0.2) is 85.5 Å². The van der Waals surface area contributed by atoms with Crippen molar-refractivity contribution < 1.29 is 34.6 Å². The maximum absolute atomic E-state index is 8.93. The molecule has 0 heterocycles. The molecule has 2 atom stereocenters. The fourth-order valence-corrected chi connectivity index (χ4v) is 0.882. The van der Waals surface area contributed by atoms with Crippen molar-refractivity contribution in [3.05, 3.63) is 0 Å². The Morgan fingerprint density at radius 1 is 0.647 bits per heavy atom. The molecular weight excluding hydrogens is 232 g/mol. The van der Waals surface area contributed by atoms with Gasteiger partial charge in [-0.1, -0.05) is 0 Å². The highest BCUT2D eigenvalue weighted by Crippen LogP contribution is 1.86. The minimum Gasteiger partial charge on any atom is -0.394 e. The van der Waals surface area contributed by atoms with E-state index >= 15 is 0 Å². The summed E-state index contributed by atoms with van der Waals surface area (Å²) in [6, 6.07) is 0. The highest BCUT2D eigenvalue weighted by molar-refractivity contribution is 4.49. The number of ether oxygens (including phenoxy) is 3. The maximum atomic E-state index is 8.93. The molecule has 0 amide bonds. The van der Waals surface area contributed by atoms with Crippen molar-refractivity contribution in [1.82, 2.24) is 0 Å². The third-order valence-electron chi connectivity index (χ3n) is 1.79. The van der Waals surface area contributed by atoms with Gasteiger partial charge in [-0.2, -0.15) is 0 Å². The first kappa shape index (κ1) is 16.7. The van der Waals surface area contributed by atoms with Crippen LogP contribution in [0.3, 0.4) is 0 Å². The van der Waals surface area contributed by atoms with Crippen LogP contribution in [0.5, 0.6) is 0 Å². The van der Waals surface area contributed by atoms with Gasteiger partial charge in [-0.25, -0.2) is 0 Å². The Morgan fingerprint density at radius 3 is 1.35 bits per heavy atom. The molecule has 104 valence electrons. The molecule has 2 unspecified atom stereocenters. The van der Waals surface area contributed by atoms with Crippen LogP contribution in [0.2, 0.25) is 0 Å². The summed E-state index contributed by atoms with van der Waals surface area (Å²) in [5, 5.41) is 34.8. The summed E-state index contributed by atoms with van der Waals surface area (Å²) in [7, 11) is 0. The van der Waals surface area contributed by atoms with E-state index in [0.717, 1.165) is 0 Å². The van der Waals surface area contributed by atoms with Gasteiger partial charge >= 0.3 is 0 Å². The van der Waals surface area contributed by atoms with E-state index in [2.05, 4.69) is 0 Å². The Labute approximate surface area is 101 Å². The summed E-state index contributed by atoms with van der Waals surface area (Å²) in [6.45, 7) is 0.919. The van der Waals surface area contributed by atoms with Gasteiger partial charge in [0.05, 0.1) is 52.9 Å². The molecule has 7 heteroatoms. The molecule has 0 aliphatic heterocycles. The predicted octanol–water partition coefficient (Wildman–Crippen LogP) is -2.26. The minimum atomic E-state index is -0.849. The zero-order valence-electron chi connectivity index (χ0n) is 9.83. The fraction of sp³-hybridized carbons (Fsp3) is 1.00. The summed E-state index contributed by atoms with van der Waals surface area (Å²) in [5.41, 5.74) is 0. The van der Waals surface area contributed by atoms with Crippen LogP contribution in [0.25, 0.3) is 0 Å². The van der Waals surface area contributed by atoms with Crippen LogP contribution >= 0.6 is 0 Å². The number of aliphatic hydroxyl groups is 4. The van der Waals surface area contributed by atoms with Crippen LogP contribution in [-0.2, 0) is 14.2 Å². The van der Waals surface area contributed by atoms with Crippen molar-refractivity contribution in [3.63, 3.8) is 0 Å². The lowest BCUT2D eigenvalue weighted by atomic mass is 10.4. The van der Waals surface area contributed by atoms with Crippen molar-refractivity contribution in [2.45, 2.75) is 12.2 Å². The average Bonchev–Trinajstić information content (AvgIpc) is 2.35. The topological polar surface area (TPSA) is 109 Å². The molecule has 0 saturated carbocycles. The minimum absolute atomic E-state index is 0.0824. The highest BCUT2D eigenvalue weighted by atomic mass is 16.5. The summed E-state index contributed by atoms with van der Waals surface area (Å²) in [6.07, 6.45) is -1.70. The van der Waals surface area contributed by atoms with Gasteiger partial charge in [0, 0.05) is 0 Å². The highest BCUT2D eigenvalue weighted by Gasteiger charge is 2.02. The van der Waals surface area contributed by atoms with Gasteiger partial charge in [0.2, 0.25) is 0 Å². The molecule has 0 aromatic carbocycles. The van der Waals surface area contributed by atoms with E-state index in [9.17, 15) is 0 Å². The molecule has 0 fully saturated rings. The Hall–Kier alpha value is -0.280. The number of rotatable bonds is 12. The first-order valence-corrected chi connectivity index (χ1v) is 5.51. The Morgan fingerprint density at radius 2 is 1.00 bits per heavy atom. The quantitative estimate of drug-likeness (QED) is 0.291. The second kappa shape index (κ2) is 12.2. The van der Waals surface area contributed by atoms with E-state index in [1.807, 2.05) is 0 Å². The number of hydrogen-bond donors (Lipinski definition) is 4. The lowest BCUT2D eigenvalue weighted by Gasteiger charge is -2.10. The lowest BCUT2D eigenvalue weighted by Crippen LogP contribution is -2.22. The van der Waals surface area contributed by atoms with Gasteiger partial charge in [-0.3, -0.25) is 0 Å². The molecule has 0 aliphatic carbocycles. The summed E-state index contributed by atoms with van der Waals surface area (Å²) in [5.74, 6) is 0. The third kappa shape index (κ3) is 12.0. The van der Waals surface area contributed by atoms with Gasteiger partial charge < -0.3 is 34.6 Å². The molecule has 4 N–H and O–H groups in total. The van der Waals surface area contributed by atoms with E-state index in [0.29, 0.717) is 26.4 Å². The van der Waals surface area contributed by atoms with Crippen molar-refractivity contribution >= 4 is 0 Å². The summed E-state index contributed by atoms with van der Waals surface area (Å²) in [4.78, 5) is 0. The Bertz CT molecular complexity index is 140. The molecule has 0 aromatic rings. The second-order valence-electron chi connectivity index (χ2n) is 3.43. The number of hydrogen-bond acceptors (Lipinski definition) is 7. The molecule has 0 aliphatic rings. The van der Waals surface area contributed by atoms with Crippen molar-refractivity contribution in [2.24, 2.45) is 0 Å². The molecule has 0 aromatic heterocycles. The zero-order chi connectivity index (χ0) is 12.9. The fourth-order valence-electron chi connectivity index (χ4n) is 0.882. The molecule has 0 saturated heterocycles. The molecule has 0 radical (unpaired) electrons. The van der Waals surface area contributed by atoms with Gasteiger partial charge in [0.1, 0.15) is 12.2 Å². The van der Waals surface area contributed by atoms with E-state index in [1.165, 1.54) is 0 Å². The maximum Gasteiger partial charge on any atom is 0.100 e. The van der Waals surface area contributed by atoms with E-state index in [4.69, 9.17) is 34.6 Å². The average molecular weight is 254 g/mol. The van der Waals surface area contributed by atoms with Crippen molar-refractivity contribution in [2.75, 3.05) is 52.9 Å². The molecule has 7 nitrogen and oxygen atoms in total. The second-order valence-corrected chi connectivity index (χ2v) is 3.43. The third-order valence-corrected chi connectivity index (χ3v) is 1.79. The number of aliphatic hydroxyl groups excluding tert-OH is 4. The van der Waals surface area contributed by atoms with E-state index in [1.54, 1.807) is 0 Å². The van der Waals surface area contributed by atoms with E-state index in [-0.39, 0.29) is 26.4 Å². The van der Waals surface area contributed by atoms with Gasteiger partial charge in [-0.05, 0) is 0 Å². The van der Waals surface area contributed by atoms with Crippen LogP contribution in [0, 0.1) is 0 Å². The van der Waals surface area contributed by atoms with Gasteiger partial charge in [0.25, 0.3) is 0 Å². The molecule has 0 rings (SSSR count). The lowest BCUT2D eigenvalue weighted by molar-refractivity contribution is -0.0350. The van der Waals surface area contributed by atoms with Crippen LogP contribution < -0.4 is 0 Å². The summed E-state index contributed by atoms with van der Waals surface area (Å²) >= 11 is 0. The SMILES string of the molecule is OCC(O)COCCOCCOCC(O)CO. The normalized spacial score (nSPS) is 14.8. The standard InChI is InChI=1S/C10H22O7/c11-5-9(13)7-16-3-1-15-2-4-17-8-10(14)6-12/h9-14H,1-8H2. The van der Waals surface area contributed by atoms with Gasteiger partial charge in [0.15, 0.2) is 0 Å². The van der Waals surface area contributed by atoms with Crippen LogP contribution in [0.1, 0.15) is 0 Å². The zero-order valence-corrected chi connectivity index (χ0v) is 9.83. The first-order chi connectivity index (χ1) is 8.20. The van der Waals surface area contributed by atoms with Crippen molar-refractivity contribution in [3.8, 4) is 0 Å². The smallest absolute Gasteiger partial charge is 0.100 e. The van der Waals surface area contributed by atoms with Crippen molar-refractivity contribution in [1.29, 1.82) is 0 Å². The van der Waals surface area contributed by atoms with Crippen LogP contribution in [0.4, 0.5) is 0 Å². The first-order valence-electron chi connectivity index (χ1n) is 5.51. The molecular formula is C10H22O7. The van der Waals surface area contributed by atoms with Crippen LogP contribution in [0.15, 0.2) is 0 Å². The van der Waals surface area contributed by atoms with Gasteiger partial charge in [-0.15, -0.1) is 0 Å².